The van der Waals surface area contributed by atoms with Gasteiger partial charge in [0, 0.05) is 91.0 Å². The lowest BCUT2D eigenvalue weighted by Crippen LogP contribution is -2.16. The normalized spacial score (nSPS) is 11.7. The molecule has 1 unspecified atom stereocenters. The van der Waals surface area contributed by atoms with Gasteiger partial charge in [0.25, 0.3) is 0 Å². The highest BCUT2D eigenvalue weighted by Gasteiger charge is 2.31. The molecule has 0 aliphatic heterocycles. The zero-order valence-electron chi connectivity index (χ0n) is 66.5. The molecule has 129 heavy (non-hydrogen) atoms. The second kappa shape index (κ2) is 48.0. The van der Waals surface area contributed by atoms with E-state index >= 15 is 0 Å². The number of carbonyl (C=O) groups excluding carboxylic acids is 4. The summed E-state index contributed by atoms with van der Waals surface area (Å²) in [5.41, 5.74) is 22.5. The Morgan fingerprint density at radius 1 is 0.496 bits per heavy atom. The number of halogens is 13. The van der Waals surface area contributed by atoms with Gasteiger partial charge in [-0.2, -0.15) is 10.5 Å². The molecular formula is C97H68Cl13N6O6PS6. The number of benzene rings is 11. The number of Topliss-reactive ketones (excluding diaryl/α,β-unsaturated/α-hetero) is 3. The number of alkyl halides is 1. The minimum Gasteiger partial charge on any atom is -0.397 e. The molecule has 7 heterocycles. The van der Waals surface area contributed by atoms with E-state index in [1.807, 2.05) is 200 Å². The first-order valence-electron chi connectivity index (χ1n) is 37.7. The van der Waals surface area contributed by atoms with Crippen molar-refractivity contribution < 1.29 is 23.7 Å². The van der Waals surface area contributed by atoms with Crippen molar-refractivity contribution in [2.75, 3.05) is 17.3 Å². The Morgan fingerprint density at radius 3 is 1.39 bits per heavy atom. The molecule has 1 aliphatic carbocycles. The predicted molar refractivity (Wildman–Crippen MR) is 562 cm³/mol. The molecule has 11 aromatic carbocycles. The van der Waals surface area contributed by atoms with Gasteiger partial charge in [0.2, 0.25) is 0 Å². The van der Waals surface area contributed by atoms with Crippen molar-refractivity contribution in [1.82, 2.24) is 9.97 Å². The van der Waals surface area contributed by atoms with Crippen LogP contribution in [0.4, 0.5) is 11.4 Å². The Kier molecular flexibility index (Phi) is 38.1. The van der Waals surface area contributed by atoms with Gasteiger partial charge in [0.15, 0.2) is 22.8 Å². The van der Waals surface area contributed by atoms with Crippen molar-refractivity contribution in [3.8, 4) is 34.7 Å². The van der Waals surface area contributed by atoms with Gasteiger partial charge in [-0.25, -0.2) is 4.98 Å². The lowest BCUT2D eigenvalue weighted by Gasteiger charge is -2.22. The van der Waals surface area contributed by atoms with Gasteiger partial charge in [-0.1, -0.05) is 282 Å². The van der Waals surface area contributed by atoms with Gasteiger partial charge in [0.1, 0.15) is 17.9 Å². The number of nitrogen functional groups attached to an aromatic ring is 2. The van der Waals surface area contributed by atoms with Crippen molar-refractivity contribution in [3.05, 3.63) is 365 Å². The standard InChI is InChI=1S/C18H13ClOS.C17H9Cl2NS.C17H10ClNOS.C17H12ClNOS.C10H8ClNOS.C7H3Cl2N.C7H4ClNS.C3H5ClO.CH4.Cl3OP/c19-14-7-4-8-16-17(14)13-9-12(10-15(20)18(13)21-16)11-5-2-1-3-6-11;18-11-7-4-8-14-15(11)16-17(21-14)12(19)9-13(20-16)10-5-2-1-3-6-10;18-11-7-4-8-14-15(11)16-17(21-14)13(20)9-12(19-16)10-5-2-1-3-6-10;18-12-7-4-8-14-15(12)16(19)17(21-14)13(20)10-9-11-5-2-1-3-6-11;1-5(13)10-9(12)8-6(11)3-2-4-7(8)14-10;8-6-2-1-3-7(9)5(6)4-10;8-6-2-1-3-7(10)5(6)4-9;1-3(5)2-4;;1-5(2,3)4/h1-8,12H,9-10H2;1-9H;1-9H,(H,19,20);1-10H,19H2;2-4H,12H2,1H3;1-3H;1-3,10H;2H2,1H3;1H4;/b;;;10-9+;;;;;;. The van der Waals surface area contributed by atoms with Crippen molar-refractivity contribution in [1.29, 1.82) is 10.5 Å². The molecule has 0 spiro atoms. The van der Waals surface area contributed by atoms with E-state index in [1.165, 1.54) is 53.4 Å². The number of thiol groups is 1. The van der Waals surface area contributed by atoms with E-state index in [2.05, 4.69) is 69.5 Å². The monoisotopic (exact) mass is 2090 g/mol. The van der Waals surface area contributed by atoms with Gasteiger partial charge in [-0.15, -0.1) is 80.9 Å². The molecule has 18 aromatic rings. The summed E-state index contributed by atoms with van der Waals surface area (Å²) in [7, 11) is 0. The predicted octanol–water partition coefficient (Wildman–Crippen LogP) is 35.0. The molecule has 0 radical (unpaired) electrons. The molecule has 0 fully saturated rings. The molecule has 12 nitrogen and oxygen atoms in total. The van der Waals surface area contributed by atoms with Gasteiger partial charge in [-0.05, 0) is 172 Å². The molecular weight excluding hydrogens is 2030 g/mol. The minimum atomic E-state index is -3.22. The van der Waals surface area contributed by atoms with Gasteiger partial charge >= 0.3 is 5.20 Å². The number of nitrogens with two attached hydrogens (primary N) is 2. The largest absolute Gasteiger partial charge is 0.397 e. The maximum atomic E-state index is 12.5. The lowest BCUT2D eigenvalue weighted by atomic mass is 9.82. The highest BCUT2D eigenvalue weighted by atomic mass is 36.0. The third kappa shape index (κ3) is 26.6. The zero-order valence-corrected chi connectivity index (χ0v) is 82.2. The Morgan fingerprint density at radius 2 is 0.907 bits per heavy atom. The van der Waals surface area contributed by atoms with E-state index in [1.54, 1.807) is 89.4 Å². The summed E-state index contributed by atoms with van der Waals surface area (Å²) in [6.07, 6.45) is 4.83. The number of carbonyl (C=O) groups is 4. The number of allylic oxidation sites excluding steroid dienone is 1. The third-order valence-electron chi connectivity index (χ3n) is 18.6. The number of nitriles is 2. The van der Waals surface area contributed by atoms with Crippen LogP contribution in [0, 0.1) is 22.7 Å². The summed E-state index contributed by atoms with van der Waals surface area (Å²) < 4.78 is 16.4. The summed E-state index contributed by atoms with van der Waals surface area (Å²) in [5.74, 6) is 0.558. The number of H-pyrrole nitrogens is 1. The van der Waals surface area contributed by atoms with E-state index in [0.717, 1.165) is 126 Å². The molecule has 0 bridgehead atoms. The number of anilines is 2. The number of hydrogen-bond acceptors (Lipinski definition) is 17. The second-order valence-electron chi connectivity index (χ2n) is 27.3. The Hall–Kier alpha value is -8.81. The van der Waals surface area contributed by atoms with E-state index in [9.17, 15) is 28.5 Å². The van der Waals surface area contributed by atoms with Crippen LogP contribution in [0.3, 0.4) is 0 Å². The molecule has 19 rings (SSSR count). The van der Waals surface area contributed by atoms with E-state index in [0.29, 0.717) is 78.7 Å². The van der Waals surface area contributed by atoms with Gasteiger partial charge in [-0.3, -0.25) is 28.5 Å². The van der Waals surface area contributed by atoms with Crippen LogP contribution in [0.1, 0.15) is 90.4 Å². The SMILES string of the molecule is C.CC(=O)CCl.CC(=O)c1sc2cccc(Cl)c2c1N.Clc1cc(-c2ccccc2)nc2c1sc1cccc(Cl)c12.N#Cc1c(Cl)cccc1Cl.N#Cc1c(S)cccc1Cl.Nc1c(C(=O)/C=C/c2ccccc2)sc2cccc(Cl)c12.O=C1CC(c2ccccc2)Cc2c1sc1cccc(Cl)c21.O=P(Cl)(Cl)Cl.O=c1cc(-c2ccccc2)[nH]c2c1sc1cccc(Cl)c12. The number of nitrogens with one attached hydrogen (secondary N) is 1. The van der Waals surface area contributed by atoms with Crippen LogP contribution in [-0.2, 0) is 15.8 Å². The van der Waals surface area contributed by atoms with Crippen molar-refractivity contribution >= 4 is 336 Å². The fourth-order valence-electron chi connectivity index (χ4n) is 12.9. The summed E-state index contributed by atoms with van der Waals surface area (Å²) in [5, 5.41) is 23.6. The number of aromatic nitrogens is 2. The lowest BCUT2D eigenvalue weighted by molar-refractivity contribution is -0.114. The van der Waals surface area contributed by atoms with Crippen LogP contribution in [-0.4, -0.2) is 39.0 Å². The van der Waals surface area contributed by atoms with Crippen LogP contribution in [0.15, 0.2) is 277 Å². The number of ketones is 4. The molecule has 1 atom stereocenters. The average molecular weight is 2100 g/mol. The number of fused-ring (bicyclic) bond motifs is 11. The van der Waals surface area contributed by atoms with E-state index in [-0.39, 0.29) is 47.8 Å². The molecule has 32 heteroatoms. The van der Waals surface area contributed by atoms with Crippen LogP contribution < -0.4 is 16.9 Å². The van der Waals surface area contributed by atoms with Crippen LogP contribution in [0.2, 0.25) is 45.2 Å². The van der Waals surface area contributed by atoms with Gasteiger partial charge < -0.3 is 16.5 Å². The zero-order chi connectivity index (χ0) is 92.2. The summed E-state index contributed by atoms with van der Waals surface area (Å²) >= 11 is 84.9. The van der Waals surface area contributed by atoms with Crippen molar-refractivity contribution in [2.45, 2.75) is 44.9 Å². The van der Waals surface area contributed by atoms with Crippen LogP contribution in [0.5, 0.6) is 0 Å². The maximum Gasteiger partial charge on any atom is 0.339 e. The number of aromatic amines is 1. The van der Waals surface area contributed by atoms with Crippen molar-refractivity contribution in [3.63, 3.8) is 0 Å². The van der Waals surface area contributed by atoms with E-state index < -0.39 is 5.20 Å². The molecule has 0 amide bonds. The highest BCUT2D eigenvalue weighted by Crippen LogP contribution is 2.61. The number of thiophene rings is 5. The molecule has 654 valence electrons. The number of hydrogen-bond donors (Lipinski definition) is 4. The van der Waals surface area contributed by atoms with Crippen molar-refractivity contribution in [2.24, 2.45) is 0 Å². The smallest absolute Gasteiger partial charge is 0.339 e. The van der Waals surface area contributed by atoms with Crippen LogP contribution in [0.25, 0.3) is 99.5 Å². The Bertz CT molecular complexity index is 7270. The number of nitrogens with zero attached hydrogens (tertiary/aromatic N) is 3. The Balaban J connectivity index is 0.000000156. The molecule has 5 N–H and O–H groups in total. The second-order valence-corrected chi connectivity index (χ2v) is 43.6. The first-order valence-corrected chi connectivity index (χ1v) is 50.6. The first kappa shape index (κ1) is 102. The van der Waals surface area contributed by atoms with Crippen LogP contribution >= 0.6 is 224 Å². The average Bonchev–Trinajstić information content (AvgIpc) is 1.61. The minimum absolute atomic E-state index is 0. The molecule has 1 aliphatic rings. The molecule has 0 saturated carbocycles. The first-order chi connectivity index (χ1) is 61.3. The number of rotatable bonds is 8. The van der Waals surface area contributed by atoms with Gasteiger partial charge in [0.05, 0.1) is 109 Å². The quantitative estimate of drug-likeness (QED) is 0.0367. The highest BCUT2D eigenvalue weighted by molar-refractivity contribution is 8.24. The summed E-state index contributed by atoms with van der Waals surface area (Å²) in [6, 6.07) is 86.0. The third-order valence-corrected chi connectivity index (χ3v) is 28.4. The summed E-state index contributed by atoms with van der Waals surface area (Å²) in [4.78, 5) is 69.0. The fraction of sp³-hybridized carbons (Fsp3) is 0.0722. The topological polar surface area (TPSA) is 231 Å². The maximum absolute atomic E-state index is 12.5. The summed E-state index contributed by atoms with van der Waals surface area (Å²) in [6.45, 7) is 2.96. The molecule has 7 aromatic heterocycles. The molecule has 0 saturated heterocycles. The number of pyridine rings is 2. The van der Waals surface area contributed by atoms with E-state index in [4.69, 9.17) is 143 Å². The fourth-order valence-corrected chi connectivity index (χ4v) is 21.4. The Labute approximate surface area is 832 Å².